The zero-order valence-corrected chi connectivity index (χ0v) is 26.2. The van der Waals surface area contributed by atoms with Crippen molar-refractivity contribution in [2.45, 2.75) is 46.3 Å². The first kappa shape index (κ1) is 31.3. The van der Waals surface area contributed by atoms with E-state index in [1.54, 1.807) is 60.7 Å². The minimum absolute atomic E-state index is 0. The largest absolute Gasteiger partial charge is 1.00 e. The van der Waals surface area contributed by atoms with E-state index in [9.17, 15) is 14.7 Å². The molecule has 0 amide bonds. The number of carbonyl (C=O) groups excluding carboxylic acids is 2. The summed E-state index contributed by atoms with van der Waals surface area (Å²) in [6.45, 7) is 7.57. The number of hydrogen-bond donors (Lipinski definition) is 0. The molecule has 0 saturated carbocycles. The number of allylic oxidation sites excluding steroid dienone is 1. The Balaban J connectivity index is 0.00000441. The number of Topliss-reactive ketones (excluding diaryl/α,β-unsaturated/α-hetero) is 1. The van der Waals surface area contributed by atoms with Crippen molar-refractivity contribution < 1.29 is 58.5 Å². The molecule has 0 spiro atoms. The Morgan fingerprint density at radius 2 is 1.50 bits per heavy atom. The number of aliphatic carboxylic acids is 1. The molecule has 0 N–H and O–H groups in total. The van der Waals surface area contributed by atoms with Gasteiger partial charge in [-0.3, -0.25) is 4.79 Å². The third kappa shape index (κ3) is 7.28. The van der Waals surface area contributed by atoms with Crippen LogP contribution in [-0.2, 0) is 11.2 Å². The molecule has 0 aliphatic rings. The van der Waals surface area contributed by atoms with Crippen LogP contribution in [0.4, 0.5) is 0 Å². The molecule has 0 fully saturated rings. The van der Waals surface area contributed by atoms with E-state index < -0.39 is 11.8 Å². The zero-order chi connectivity index (χ0) is 28.1. The molecule has 1 heterocycles. The average Bonchev–Trinajstić information content (AvgIpc) is 3.37. The molecule has 40 heavy (non-hydrogen) atoms. The van der Waals surface area contributed by atoms with Gasteiger partial charge < -0.3 is 24.1 Å². The van der Waals surface area contributed by atoms with Crippen molar-refractivity contribution in [2.75, 3.05) is 7.11 Å². The maximum Gasteiger partial charge on any atom is 1.00 e. The second kappa shape index (κ2) is 13.9. The van der Waals surface area contributed by atoms with E-state index in [2.05, 4.69) is 8.75 Å². The van der Waals surface area contributed by atoms with Crippen molar-refractivity contribution in [3.63, 3.8) is 0 Å². The number of rotatable bonds is 11. The Kier molecular flexibility index (Phi) is 10.9. The Morgan fingerprint density at radius 3 is 2.12 bits per heavy atom. The van der Waals surface area contributed by atoms with E-state index >= 15 is 0 Å². The first-order valence-electron chi connectivity index (χ1n) is 12.5. The maximum atomic E-state index is 13.8. The third-order valence-corrected chi connectivity index (χ3v) is 6.31. The molecule has 8 nitrogen and oxygen atoms in total. The molecule has 0 radical (unpaired) electrons. The number of methoxy groups -OCH3 is 1. The first-order chi connectivity index (χ1) is 18.7. The van der Waals surface area contributed by atoms with Gasteiger partial charge in [0.2, 0.25) is 5.75 Å². The van der Waals surface area contributed by atoms with Crippen LogP contribution in [0.3, 0.4) is 0 Å². The van der Waals surface area contributed by atoms with Crippen molar-refractivity contribution in [3.8, 4) is 17.2 Å². The van der Waals surface area contributed by atoms with E-state index in [-0.39, 0.29) is 59.3 Å². The van der Waals surface area contributed by atoms with Crippen LogP contribution in [0, 0.1) is 0 Å². The van der Waals surface area contributed by atoms with Gasteiger partial charge in [0, 0.05) is 23.1 Å². The molecule has 1 aromatic heterocycles. The summed E-state index contributed by atoms with van der Waals surface area (Å²) in [5.41, 5.74) is 2.27. The number of nitrogens with zero attached hydrogens (tertiary/aromatic N) is 2. The van der Waals surface area contributed by atoms with Gasteiger partial charge in [-0.05, 0) is 63.1 Å². The monoisotopic (exact) mass is 568 g/mol. The summed E-state index contributed by atoms with van der Waals surface area (Å²) < 4.78 is 26.1. The minimum atomic E-state index is -1.47. The van der Waals surface area contributed by atoms with Crippen molar-refractivity contribution in [3.05, 3.63) is 82.9 Å². The van der Waals surface area contributed by atoms with Crippen LogP contribution < -0.4 is 48.9 Å². The molecule has 0 saturated heterocycles. The fraction of sp³-hybridized carbons (Fsp3) is 0.267. The van der Waals surface area contributed by atoms with Crippen molar-refractivity contribution in [1.29, 1.82) is 0 Å². The summed E-state index contributed by atoms with van der Waals surface area (Å²) >= 11 is 1.03. The third-order valence-electron chi connectivity index (χ3n) is 5.76. The SMILES string of the molecule is COc1cc(CC(C(=O)c2ccccc2)=C(C(=O)[O-])c2ccc3nsnc3c2)cc(OC(C)C)c1OC(C)C.[Na+]. The number of fused-ring (bicyclic) bond motifs is 1. The molecular formula is C30H29N2NaO6S. The van der Waals surface area contributed by atoms with Crippen molar-refractivity contribution in [1.82, 2.24) is 8.75 Å². The topological polar surface area (TPSA) is 111 Å². The minimum Gasteiger partial charge on any atom is -0.545 e. The van der Waals surface area contributed by atoms with Gasteiger partial charge in [-0.25, -0.2) is 0 Å². The van der Waals surface area contributed by atoms with Crippen LogP contribution in [0.25, 0.3) is 16.6 Å². The van der Waals surface area contributed by atoms with Crippen LogP contribution in [0.1, 0.15) is 49.2 Å². The molecule has 10 heteroatoms. The number of ether oxygens (including phenoxy) is 3. The first-order valence-corrected chi connectivity index (χ1v) is 13.2. The molecule has 202 valence electrons. The van der Waals surface area contributed by atoms with Gasteiger partial charge in [-0.1, -0.05) is 36.4 Å². The number of carboxylic acid groups (broad SMARTS) is 1. The van der Waals surface area contributed by atoms with Gasteiger partial charge >= 0.3 is 29.6 Å². The molecule has 0 aliphatic carbocycles. The molecular weight excluding hydrogens is 539 g/mol. The fourth-order valence-electron chi connectivity index (χ4n) is 4.18. The summed E-state index contributed by atoms with van der Waals surface area (Å²) in [5.74, 6) is -0.620. The Hall–Kier alpha value is -3.24. The molecule has 3 aromatic carbocycles. The van der Waals surface area contributed by atoms with Gasteiger partial charge in [0.15, 0.2) is 17.3 Å². The zero-order valence-electron chi connectivity index (χ0n) is 23.4. The van der Waals surface area contributed by atoms with E-state index in [0.29, 0.717) is 45.0 Å². The summed E-state index contributed by atoms with van der Waals surface area (Å²) in [7, 11) is 1.51. The predicted octanol–water partition coefficient (Wildman–Crippen LogP) is 1.91. The number of ketones is 1. The summed E-state index contributed by atoms with van der Waals surface area (Å²) in [6.07, 6.45) is -0.344. The smallest absolute Gasteiger partial charge is 0.545 e. The number of hydrogen-bond acceptors (Lipinski definition) is 9. The summed E-state index contributed by atoms with van der Waals surface area (Å²) in [4.78, 5) is 26.5. The van der Waals surface area contributed by atoms with Gasteiger partial charge in [0.1, 0.15) is 11.0 Å². The van der Waals surface area contributed by atoms with Crippen LogP contribution in [-0.4, -0.2) is 39.8 Å². The molecule has 0 bridgehead atoms. The number of benzene rings is 3. The maximum absolute atomic E-state index is 13.8. The van der Waals surface area contributed by atoms with E-state index in [1.807, 2.05) is 27.7 Å². The Morgan fingerprint density at radius 1 is 0.850 bits per heavy atom. The summed E-state index contributed by atoms with van der Waals surface area (Å²) in [5, 5.41) is 12.6. The predicted molar refractivity (Wildman–Crippen MR) is 148 cm³/mol. The van der Waals surface area contributed by atoms with Crippen molar-refractivity contribution >= 4 is 40.1 Å². The second-order valence-corrected chi connectivity index (χ2v) is 9.97. The molecule has 0 unspecified atom stereocenters. The summed E-state index contributed by atoms with van der Waals surface area (Å²) in [6, 6.07) is 16.9. The van der Waals surface area contributed by atoms with Crippen molar-refractivity contribution in [2.24, 2.45) is 0 Å². The molecule has 0 atom stereocenters. The van der Waals surface area contributed by atoms with Crippen LogP contribution in [0.2, 0.25) is 0 Å². The molecule has 4 aromatic rings. The Bertz CT molecular complexity index is 1530. The van der Waals surface area contributed by atoms with Gasteiger partial charge in [-0.2, -0.15) is 8.75 Å². The quantitative estimate of drug-likeness (QED) is 0.153. The van der Waals surface area contributed by atoms with Gasteiger partial charge in [-0.15, -0.1) is 0 Å². The van der Waals surface area contributed by atoms with E-state index in [1.165, 1.54) is 7.11 Å². The van der Waals surface area contributed by atoms with Crippen LogP contribution >= 0.6 is 11.7 Å². The standard InChI is InChI=1S/C30H30N2O6S.Na/c1-17(2)37-26-15-19(14-25(36-5)29(26)38-18(3)4)13-22(28(33)20-9-7-6-8-10-20)27(30(34)35)21-11-12-23-24(16-21)32-39-31-23;/h6-12,14-18H,13H2,1-5H3,(H,34,35);/q;+1/p-1. The van der Waals surface area contributed by atoms with Gasteiger partial charge in [0.25, 0.3) is 0 Å². The van der Waals surface area contributed by atoms with E-state index in [4.69, 9.17) is 14.2 Å². The average molecular weight is 569 g/mol. The number of carboxylic acids is 1. The number of aromatic nitrogens is 2. The van der Waals surface area contributed by atoms with E-state index in [0.717, 1.165) is 11.7 Å². The van der Waals surface area contributed by atoms with Crippen LogP contribution in [0.5, 0.6) is 17.2 Å². The normalized spacial score (nSPS) is 11.7. The molecule has 4 rings (SSSR count). The molecule has 0 aliphatic heterocycles. The van der Waals surface area contributed by atoms with Gasteiger partial charge in [0.05, 0.1) is 37.0 Å². The fourth-order valence-corrected chi connectivity index (χ4v) is 4.70. The number of carbonyl (C=O) groups is 2. The van der Waals surface area contributed by atoms with Crippen LogP contribution in [0.15, 0.2) is 66.2 Å². The Labute approximate surface area is 259 Å². The second-order valence-electron chi connectivity index (χ2n) is 9.44.